The number of aliphatic carboxylic acids is 1. The van der Waals surface area contributed by atoms with Crippen LogP contribution in [0, 0.1) is 11.8 Å². The lowest BCUT2D eigenvalue weighted by molar-refractivity contribution is -0.188. The zero-order valence-corrected chi connectivity index (χ0v) is 23.0. The molecule has 1 aliphatic carbocycles. The fraction of sp³-hybridized carbons (Fsp3) is 0.704. The normalized spacial score (nSPS) is 27.3. The maximum atomic E-state index is 13.3. The van der Waals surface area contributed by atoms with E-state index in [2.05, 4.69) is 0 Å². The highest BCUT2D eigenvalue weighted by atomic mass is 16.7. The number of carboxylic acids is 1. The minimum absolute atomic E-state index is 0.0123. The molecule has 3 heterocycles. The number of ether oxygens (including phenoxy) is 2. The maximum Gasteiger partial charge on any atom is 0.326 e. The third-order valence-electron chi connectivity index (χ3n) is 7.92. The van der Waals surface area contributed by atoms with Gasteiger partial charge in [-0.3, -0.25) is 29.0 Å². The lowest BCUT2D eigenvalue weighted by Gasteiger charge is -2.34. The van der Waals surface area contributed by atoms with Crippen molar-refractivity contribution in [3.05, 3.63) is 23.5 Å². The van der Waals surface area contributed by atoms with Crippen molar-refractivity contribution in [1.29, 1.82) is 0 Å². The number of imide groups is 1. The third-order valence-corrected chi connectivity index (χ3v) is 7.92. The maximum absolute atomic E-state index is 13.3. The summed E-state index contributed by atoms with van der Waals surface area (Å²) in [5, 5.41) is 11.8. The quantitative estimate of drug-likeness (QED) is 0.363. The van der Waals surface area contributed by atoms with Crippen LogP contribution in [0.3, 0.4) is 0 Å². The van der Waals surface area contributed by atoms with Crippen LogP contribution in [0.1, 0.15) is 46.0 Å². The van der Waals surface area contributed by atoms with Gasteiger partial charge in [-0.25, -0.2) is 9.86 Å². The van der Waals surface area contributed by atoms with Crippen molar-refractivity contribution in [3.8, 4) is 0 Å². The largest absolute Gasteiger partial charge is 0.481 e. The molecule has 4 aliphatic rings. The molecule has 0 aromatic heterocycles. The summed E-state index contributed by atoms with van der Waals surface area (Å²) in [5.74, 6) is -1.75. The lowest BCUT2D eigenvalue weighted by Crippen LogP contribution is -2.52. The van der Waals surface area contributed by atoms with Gasteiger partial charge in [0.15, 0.2) is 6.79 Å². The summed E-state index contributed by atoms with van der Waals surface area (Å²) < 4.78 is 11.2. The van der Waals surface area contributed by atoms with Gasteiger partial charge in [0.25, 0.3) is 5.91 Å². The van der Waals surface area contributed by atoms with Crippen molar-refractivity contribution < 1.29 is 38.6 Å². The molecule has 0 spiro atoms. The van der Waals surface area contributed by atoms with E-state index in [1.807, 2.05) is 30.9 Å². The number of carbonyl (C=O) groups is 4. The average Bonchev–Trinajstić information content (AvgIpc) is 3.53. The van der Waals surface area contributed by atoms with Crippen LogP contribution < -0.4 is 0 Å². The highest BCUT2D eigenvalue weighted by molar-refractivity contribution is 5.96. The lowest BCUT2D eigenvalue weighted by atomic mass is 9.80. The van der Waals surface area contributed by atoms with Gasteiger partial charge in [-0.15, -0.1) is 0 Å². The molecule has 3 fully saturated rings. The average molecular weight is 549 g/mol. The molecule has 4 atom stereocenters. The molecular weight excluding hydrogens is 508 g/mol. The van der Waals surface area contributed by atoms with Crippen LogP contribution in [-0.4, -0.2) is 114 Å². The monoisotopic (exact) mass is 548 g/mol. The number of amides is 4. The van der Waals surface area contributed by atoms with E-state index in [-0.39, 0.29) is 56.2 Å². The van der Waals surface area contributed by atoms with Gasteiger partial charge in [-0.1, -0.05) is 25.5 Å². The van der Waals surface area contributed by atoms with E-state index >= 15 is 0 Å². The van der Waals surface area contributed by atoms with E-state index in [1.165, 1.54) is 12.1 Å². The number of hydrogen-bond donors (Lipinski definition) is 1. The molecule has 12 heteroatoms. The zero-order valence-electron chi connectivity index (χ0n) is 23.0. The molecule has 216 valence electrons. The Morgan fingerprint density at radius 2 is 2.00 bits per heavy atom. The minimum atomic E-state index is -0.941. The van der Waals surface area contributed by atoms with Gasteiger partial charge in [-0.05, 0) is 25.3 Å². The first-order valence-electron chi connectivity index (χ1n) is 13.9. The summed E-state index contributed by atoms with van der Waals surface area (Å²) in [7, 11) is 1.46. The van der Waals surface area contributed by atoms with E-state index in [9.17, 15) is 24.3 Å². The number of allylic oxidation sites excluding steroid dienone is 2. The molecule has 4 amide bonds. The Labute approximate surface area is 229 Å². The Balaban J connectivity index is 1.56. The minimum Gasteiger partial charge on any atom is -0.481 e. The smallest absolute Gasteiger partial charge is 0.326 e. The van der Waals surface area contributed by atoms with E-state index < -0.39 is 17.9 Å². The molecule has 39 heavy (non-hydrogen) atoms. The molecule has 0 aromatic rings. The highest BCUT2D eigenvalue weighted by Crippen LogP contribution is 2.41. The fourth-order valence-corrected chi connectivity index (χ4v) is 5.87. The van der Waals surface area contributed by atoms with E-state index in [4.69, 9.17) is 14.3 Å². The van der Waals surface area contributed by atoms with Crippen molar-refractivity contribution in [2.75, 3.05) is 53.2 Å². The molecule has 12 nitrogen and oxygen atoms in total. The van der Waals surface area contributed by atoms with Crippen molar-refractivity contribution in [3.63, 3.8) is 0 Å². The van der Waals surface area contributed by atoms with E-state index in [0.717, 1.165) is 29.1 Å². The van der Waals surface area contributed by atoms with Crippen LogP contribution in [0.4, 0.5) is 4.79 Å². The van der Waals surface area contributed by atoms with Crippen LogP contribution in [0.25, 0.3) is 0 Å². The topological polar surface area (TPSA) is 129 Å². The van der Waals surface area contributed by atoms with Crippen LogP contribution in [-0.2, 0) is 28.7 Å². The first-order valence-corrected chi connectivity index (χ1v) is 13.9. The van der Waals surface area contributed by atoms with E-state index in [1.54, 1.807) is 4.90 Å². The van der Waals surface area contributed by atoms with Crippen LogP contribution in [0.15, 0.2) is 23.5 Å². The summed E-state index contributed by atoms with van der Waals surface area (Å²) in [4.78, 5) is 61.0. The summed E-state index contributed by atoms with van der Waals surface area (Å²) in [6.07, 6.45) is 6.16. The van der Waals surface area contributed by atoms with Gasteiger partial charge >= 0.3 is 12.0 Å². The van der Waals surface area contributed by atoms with Gasteiger partial charge in [0.05, 0.1) is 19.1 Å². The van der Waals surface area contributed by atoms with Crippen LogP contribution >= 0.6 is 0 Å². The Hall–Kier alpha value is -2.96. The SMILES string of the molecule is CCCON(CCC)C(=O)CN1C[C@H](C2=CC=C3OCOC3C2)C(C(=O)O)[C@@H]1CCN1CCC(=O)N(C)C1=O. The van der Waals surface area contributed by atoms with E-state index in [0.29, 0.717) is 39.1 Å². The van der Waals surface area contributed by atoms with Gasteiger partial charge < -0.3 is 19.5 Å². The Morgan fingerprint density at radius 3 is 2.72 bits per heavy atom. The van der Waals surface area contributed by atoms with Crippen molar-refractivity contribution in [2.45, 2.75) is 58.1 Å². The van der Waals surface area contributed by atoms with Gasteiger partial charge in [-0.2, -0.15) is 0 Å². The second kappa shape index (κ2) is 12.9. The van der Waals surface area contributed by atoms with Crippen LogP contribution in [0.5, 0.6) is 0 Å². The molecule has 0 bridgehead atoms. The van der Waals surface area contributed by atoms with Gasteiger partial charge in [0, 0.05) is 58.0 Å². The molecular formula is C27H40N4O8. The third kappa shape index (κ3) is 6.44. The number of hydroxylamine groups is 2. The summed E-state index contributed by atoms with van der Waals surface area (Å²) in [6.45, 7) is 5.96. The Kier molecular flexibility index (Phi) is 9.62. The summed E-state index contributed by atoms with van der Waals surface area (Å²) in [5.41, 5.74) is 0.952. The highest BCUT2D eigenvalue weighted by Gasteiger charge is 2.49. The molecule has 4 rings (SSSR count). The van der Waals surface area contributed by atoms with Crippen molar-refractivity contribution >= 4 is 23.8 Å². The molecule has 3 saturated heterocycles. The first kappa shape index (κ1) is 29.0. The zero-order chi connectivity index (χ0) is 28.1. The molecule has 2 unspecified atom stereocenters. The number of hydrogen-bond acceptors (Lipinski definition) is 8. The predicted octanol–water partition coefficient (Wildman–Crippen LogP) is 1.83. The predicted molar refractivity (Wildman–Crippen MR) is 139 cm³/mol. The van der Waals surface area contributed by atoms with Crippen LogP contribution in [0.2, 0.25) is 0 Å². The second-order valence-electron chi connectivity index (χ2n) is 10.5. The molecule has 3 aliphatic heterocycles. The molecule has 0 aromatic carbocycles. The van der Waals surface area contributed by atoms with Crippen molar-refractivity contribution in [2.24, 2.45) is 11.8 Å². The van der Waals surface area contributed by atoms with Crippen molar-refractivity contribution in [1.82, 2.24) is 19.8 Å². The Morgan fingerprint density at radius 1 is 1.21 bits per heavy atom. The molecule has 1 N–H and O–H groups in total. The number of nitrogens with zero attached hydrogens (tertiary/aromatic N) is 4. The van der Waals surface area contributed by atoms with Gasteiger partial charge in [0.2, 0.25) is 5.91 Å². The second-order valence-corrected chi connectivity index (χ2v) is 10.5. The summed E-state index contributed by atoms with van der Waals surface area (Å²) in [6, 6.07) is -0.878. The number of carboxylic acid groups (broad SMARTS) is 1. The number of likely N-dealkylation sites (tertiary alicyclic amines) is 1. The number of rotatable bonds is 12. The number of fused-ring (bicyclic) bond motifs is 1. The first-order chi connectivity index (χ1) is 18.7. The fourth-order valence-electron chi connectivity index (χ4n) is 5.87. The Bertz CT molecular complexity index is 1010. The van der Waals surface area contributed by atoms with Gasteiger partial charge in [0.1, 0.15) is 11.9 Å². The standard InChI is InChI=1S/C27H40N4O8/c1-4-10-31(39-13-5-2)24(33)16-30-15-19(18-6-7-21-22(14-18)38-17-37-21)25(26(34)35)20(30)8-11-29-12-9-23(32)28(3)27(29)36/h6-7,19-20,22,25H,4-5,8-17H2,1-3H3,(H,34,35)/t19-,20+,22?,25?/m1/s1. The number of carbonyl (C=O) groups excluding carboxylic acids is 3. The molecule has 0 saturated carbocycles. The molecule has 0 radical (unpaired) electrons. The number of urea groups is 1. The summed E-state index contributed by atoms with van der Waals surface area (Å²) >= 11 is 0.